The van der Waals surface area contributed by atoms with Crippen LogP contribution in [0.25, 0.3) is 0 Å². The fourth-order valence-electron chi connectivity index (χ4n) is 2.65. The number of hydrogen-bond acceptors (Lipinski definition) is 4. The van der Waals surface area contributed by atoms with E-state index in [-0.39, 0.29) is 13.0 Å². The molecule has 8 heteroatoms. The van der Waals surface area contributed by atoms with Gasteiger partial charge in [-0.25, -0.2) is 0 Å². The zero-order valence-corrected chi connectivity index (χ0v) is 12.6. The van der Waals surface area contributed by atoms with Crippen molar-refractivity contribution in [2.45, 2.75) is 31.5 Å². The van der Waals surface area contributed by atoms with Gasteiger partial charge in [0.15, 0.2) is 0 Å². The molecule has 0 radical (unpaired) electrons. The molecule has 1 aromatic rings. The second-order valence-electron chi connectivity index (χ2n) is 5.79. The van der Waals surface area contributed by atoms with Gasteiger partial charge in [-0.2, -0.15) is 13.2 Å². The third-order valence-corrected chi connectivity index (χ3v) is 4.24. The fourth-order valence-corrected chi connectivity index (χ4v) is 2.65. The molecule has 2 rings (SSSR count). The number of alkyl halides is 3. The third-order valence-electron chi connectivity index (χ3n) is 4.24. The van der Waals surface area contributed by atoms with Crippen LogP contribution in [0.2, 0.25) is 0 Å². The summed E-state index contributed by atoms with van der Waals surface area (Å²) in [7, 11) is 0. The number of primary amides is 1. The van der Waals surface area contributed by atoms with E-state index in [1.54, 1.807) is 12.1 Å². The van der Waals surface area contributed by atoms with Gasteiger partial charge in [-0.15, -0.1) is 0 Å². The second-order valence-corrected chi connectivity index (χ2v) is 5.79. The molecule has 0 aliphatic carbocycles. The Bertz CT molecular complexity index is 516. The second kappa shape index (κ2) is 7.27. The van der Waals surface area contributed by atoms with E-state index < -0.39 is 23.5 Å². The van der Waals surface area contributed by atoms with E-state index >= 15 is 0 Å². The molecule has 1 fully saturated rings. The Labute approximate surface area is 132 Å². The molecule has 0 spiro atoms. The van der Waals surface area contributed by atoms with Crippen molar-refractivity contribution in [3.63, 3.8) is 0 Å². The summed E-state index contributed by atoms with van der Waals surface area (Å²) >= 11 is 0. The molecule has 0 aromatic carbocycles. The van der Waals surface area contributed by atoms with E-state index in [2.05, 4.69) is 10.3 Å². The summed E-state index contributed by atoms with van der Waals surface area (Å²) in [5.41, 5.74) is 4.96. The molecule has 1 aliphatic rings. The number of aromatic nitrogens is 1. The number of nitrogens with zero attached hydrogens (tertiary/aromatic N) is 1. The van der Waals surface area contributed by atoms with E-state index in [1.807, 2.05) is 0 Å². The van der Waals surface area contributed by atoms with Crippen molar-refractivity contribution in [2.75, 3.05) is 19.8 Å². The minimum atomic E-state index is -4.42. The largest absolute Gasteiger partial charge is 0.404 e. The third kappa shape index (κ3) is 4.65. The number of hydrogen-bond donors (Lipinski definition) is 2. The van der Waals surface area contributed by atoms with Gasteiger partial charge in [-0.3, -0.25) is 9.78 Å². The highest BCUT2D eigenvalue weighted by atomic mass is 19.4. The van der Waals surface area contributed by atoms with Crippen LogP contribution in [0, 0.1) is 5.41 Å². The van der Waals surface area contributed by atoms with Crippen LogP contribution in [0.3, 0.4) is 0 Å². The average molecular weight is 331 g/mol. The van der Waals surface area contributed by atoms with E-state index in [0.29, 0.717) is 31.6 Å². The van der Waals surface area contributed by atoms with Crippen LogP contribution in [-0.2, 0) is 16.0 Å². The summed E-state index contributed by atoms with van der Waals surface area (Å²) in [6.07, 6.45) is -1.09. The van der Waals surface area contributed by atoms with E-state index in [4.69, 9.17) is 10.5 Å². The molecule has 0 unspecified atom stereocenters. The van der Waals surface area contributed by atoms with Gasteiger partial charge in [0.25, 0.3) is 0 Å². The zero-order chi connectivity index (χ0) is 16.9. The first kappa shape index (κ1) is 17.7. The lowest BCUT2D eigenvalue weighted by Gasteiger charge is -2.36. The van der Waals surface area contributed by atoms with Crippen molar-refractivity contribution < 1.29 is 22.7 Å². The molecule has 1 aliphatic heterocycles. The van der Waals surface area contributed by atoms with Crippen molar-refractivity contribution in [2.24, 2.45) is 11.1 Å². The van der Waals surface area contributed by atoms with Crippen LogP contribution in [0.4, 0.5) is 13.2 Å². The lowest BCUT2D eigenvalue weighted by Crippen LogP contribution is -2.53. The highest BCUT2D eigenvalue weighted by Crippen LogP contribution is 2.31. The van der Waals surface area contributed by atoms with E-state index in [0.717, 1.165) is 0 Å². The molecule has 1 amide bonds. The van der Waals surface area contributed by atoms with E-state index in [9.17, 15) is 18.0 Å². The maximum absolute atomic E-state index is 13.3. The first-order chi connectivity index (χ1) is 10.8. The van der Waals surface area contributed by atoms with E-state index in [1.165, 1.54) is 12.4 Å². The van der Waals surface area contributed by atoms with Crippen LogP contribution < -0.4 is 11.1 Å². The number of nitrogens with one attached hydrogen (secondary N) is 1. The number of pyridine rings is 1. The Morgan fingerprint density at radius 3 is 2.48 bits per heavy atom. The normalized spacial score (nSPS) is 19.3. The molecule has 0 bridgehead atoms. The van der Waals surface area contributed by atoms with Gasteiger partial charge in [0, 0.05) is 32.2 Å². The van der Waals surface area contributed by atoms with Gasteiger partial charge in [-0.1, -0.05) is 0 Å². The van der Waals surface area contributed by atoms with Crippen molar-refractivity contribution in [1.82, 2.24) is 10.3 Å². The summed E-state index contributed by atoms with van der Waals surface area (Å²) in [5.74, 6) is -0.585. The molecular weight excluding hydrogens is 311 g/mol. The summed E-state index contributed by atoms with van der Waals surface area (Å²) in [6.45, 7) is 0.540. The predicted octanol–water partition coefficient (Wildman–Crippen LogP) is 1.43. The highest BCUT2D eigenvalue weighted by molar-refractivity contribution is 5.81. The molecule has 1 saturated heterocycles. The molecule has 1 aromatic heterocycles. The number of rotatable bonds is 6. The molecule has 1 atom stereocenters. The number of amides is 1. The first-order valence-corrected chi connectivity index (χ1v) is 7.40. The van der Waals surface area contributed by atoms with Crippen molar-refractivity contribution in [3.05, 3.63) is 30.1 Å². The van der Waals surface area contributed by atoms with Crippen molar-refractivity contribution in [3.8, 4) is 0 Å². The summed E-state index contributed by atoms with van der Waals surface area (Å²) < 4.78 is 45.0. The van der Waals surface area contributed by atoms with Gasteiger partial charge in [0.1, 0.15) is 6.04 Å². The lowest BCUT2D eigenvalue weighted by molar-refractivity contribution is -0.159. The van der Waals surface area contributed by atoms with Crippen LogP contribution in [0.1, 0.15) is 18.4 Å². The summed E-state index contributed by atoms with van der Waals surface area (Å²) in [6, 6.07) is 1.33. The molecule has 0 saturated carbocycles. The van der Waals surface area contributed by atoms with Gasteiger partial charge in [0.05, 0.1) is 5.41 Å². The fraction of sp³-hybridized carbons (Fsp3) is 0.600. The Balaban J connectivity index is 2.07. The predicted molar refractivity (Wildman–Crippen MR) is 77.5 cm³/mol. The minimum Gasteiger partial charge on any atom is -0.381 e. The van der Waals surface area contributed by atoms with Crippen LogP contribution in [-0.4, -0.2) is 42.9 Å². The molecule has 2 heterocycles. The molecular formula is C15H20F3N3O2. The number of nitrogens with two attached hydrogens (primary N) is 1. The highest BCUT2D eigenvalue weighted by Gasteiger charge is 2.43. The number of ether oxygens (including phenoxy) is 1. The smallest absolute Gasteiger partial charge is 0.381 e. The Kier molecular flexibility index (Phi) is 5.59. The average Bonchev–Trinajstić information content (AvgIpc) is 2.52. The minimum absolute atomic E-state index is 0.110. The Hall–Kier alpha value is -1.67. The first-order valence-electron chi connectivity index (χ1n) is 7.40. The topological polar surface area (TPSA) is 77.2 Å². The van der Waals surface area contributed by atoms with Gasteiger partial charge in [0.2, 0.25) is 5.91 Å². The van der Waals surface area contributed by atoms with Gasteiger partial charge >= 0.3 is 6.18 Å². The molecule has 23 heavy (non-hydrogen) atoms. The standard InChI is InChI=1S/C15H20F3N3O2/c16-15(17,18)12(9-11-1-5-20-6-2-11)21-10-14(13(19)22)3-7-23-8-4-14/h1-2,5-6,12,21H,3-4,7-10H2,(H2,19,22)/t12-/m0/s1. The van der Waals surface area contributed by atoms with Crippen LogP contribution in [0.15, 0.2) is 24.5 Å². The monoisotopic (exact) mass is 331 g/mol. The van der Waals surface area contributed by atoms with Crippen molar-refractivity contribution >= 4 is 5.91 Å². The van der Waals surface area contributed by atoms with Crippen LogP contribution >= 0.6 is 0 Å². The number of carbonyl (C=O) groups is 1. The SMILES string of the molecule is NC(=O)C1(CN[C@@H](Cc2ccncc2)C(F)(F)F)CCOCC1. The number of halogens is 3. The van der Waals surface area contributed by atoms with Crippen LogP contribution in [0.5, 0.6) is 0 Å². The molecule has 3 N–H and O–H groups in total. The number of carbonyl (C=O) groups excluding carboxylic acids is 1. The lowest BCUT2D eigenvalue weighted by atomic mass is 9.79. The zero-order valence-electron chi connectivity index (χ0n) is 12.6. The molecule has 128 valence electrons. The van der Waals surface area contributed by atoms with Gasteiger partial charge in [-0.05, 0) is 37.0 Å². The Morgan fingerprint density at radius 2 is 1.96 bits per heavy atom. The van der Waals surface area contributed by atoms with Crippen molar-refractivity contribution in [1.29, 1.82) is 0 Å². The maximum atomic E-state index is 13.3. The summed E-state index contributed by atoms with van der Waals surface area (Å²) in [4.78, 5) is 15.5. The molecule has 5 nitrogen and oxygen atoms in total. The van der Waals surface area contributed by atoms with Gasteiger partial charge < -0.3 is 15.8 Å². The summed E-state index contributed by atoms with van der Waals surface area (Å²) in [5, 5.41) is 2.50. The quantitative estimate of drug-likeness (QED) is 0.827. The Morgan fingerprint density at radius 1 is 1.35 bits per heavy atom. The maximum Gasteiger partial charge on any atom is 0.404 e.